The zero-order chi connectivity index (χ0) is 32.0. The average molecular weight is 627 g/mol. The molecule has 0 radical (unpaired) electrons. The third-order valence-corrected chi connectivity index (χ3v) is 8.43. The molecule has 0 bridgehead atoms. The quantitative estimate of drug-likeness (QED) is 0.0212. The van der Waals surface area contributed by atoms with Crippen molar-refractivity contribution in [2.24, 2.45) is 4.99 Å². The Bertz CT molecular complexity index is 866. The Morgan fingerprint density at radius 1 is 0.791 bits per heavy atom. The fourth-order valence-corrected chi connectivity index (χ4v) is 5.34. The summed E-state index contributed by atoms with van der Waals surface area (Å²) in [6.07, 6.45) is 32.4. The third kappa shape index (κ3) is 31.6. The standard InChI is InChI=1S/C35H65NO6S/c1-4-6-7-8-9-10-11-12-13-14-15-16-17-18-19-20-21-22-23-28-35(38)42-33(5-2)27-25-24-26-32(3)31-34(37)36-29-30-43(39,40)41/h10-11,31,33H,4-9,12-30H2,1-3H3,(H,36,37)(H,39,40,41)/p-1/b11-10-,32-31-/t33-/m1/s1. The van der Waals surface area contributed by atoms with Gasteiger partial charge in [-0.05, 0) is 77.0 Å². The van der Waals surface area contributed by atoms with Crippen LogP contribution >= 0.6 is 0 Å². The molecule has 43 heavy (non-hydrogen) atoms. The van der Waals surface area contributed by atoms with E-state index in [0.29, 0.717) is 6.42 Å². The summed E-state index contributed by atoms with van der Waals surface area (Å²) in [5.41, 5.74) is 0.868. The molecule has 0 aliphatic carbocycles. The first-order chi connectivity index (χ1) is 20.7. The van der Waals surface area contributed by atoms with E-state index >= 15 is 0 Å². The molecule has 0 rings (SSSR count). The topological polar surface area (TPSA) is 116 Å². The highest BCUT2D eigenvalue weighted by molar-refractivity contribution is 7.85. The van der Waals surface area contributed by atoms with Crippen LogP contribution in [0.25, 0.3) is 0 Å². The Labute approximate surface area is 264 Å². The minimum Gasteiger partial charge on any atom is -0.859 e. The lowest BCUT2D eigenvalue weighted by molar-refractivity contribution is -0.212. The van der Waals surface area contributed by atoms with Crippen molar-refractivity contribution in [1.29, 1.82) is 0 Å². The van der Waals surface area contributed by atoms with E-state index < -0.39 is 21.8 Å². The van der Waals surface area contributed by atoms with Crippen molar-refractivity contribution in [1.82, 2.24) is 0 Å². The van der Waals surface area contributed by atoms with E-state index in [1.807, 2.05) is 13.8 Å². The van der Waals surface area contributed by atoms with Crippen LogP contribution in [0, 0.1) is 0 Å². The summed E-state index contributed by atoms with van der Waals surface area (Å²) in [6, 6.07) is 0. The van der Waals surface area contributed by atoms with Crippen molar-refractivity contribution >= 4 is 22.0 Å². The van der Waals surface area contributed by atoms with Crippen molar-refractivity contribution in [3.05, 3.63) is 23.8 Å². The van der Waals surface area contributed by atoms with Crippen LogP contribution in [-0.4, -0.2) is 43.2 Å². The highest BCUT2D eigenvalue weighted by Crippen LogP contribution is 2.16. The number of allylic oxidation sites excluding steroid dienone is 3. The maximum Gasteiger partial charge on any atom is 0.306 e. The maximum atomic E-state index is 12.3. The highest BCUT2D eigenvalue weighted by atomic mass is 32.2. The monoisotopic (exact) mass is 626 g/mol. The molecule has 252 valence electrons. The molecular formula is C35H64NO6S-. The van der Waals surface area contributed by atoms with Gasteiger partial charge in [0.1, 0.15) is 6.10 Å². The van der Waals surface area contributed by atoms with Gasteiger partial charge < -0.3 is 9.84 Å². The first-order valence-corrected chi connectivity index (χ1v) is 19.0. The fourth-order valence-electron chi connectivity index (χ4n) is 5.01. The summed E-state index contributed by atoms with van der Waals surface area (Å²) < 4.78 is 35.7. The molecule has 0 spiro atoms. The molecule has 0 fully saturated rings. The lowest BCUT2D eigenvalue weighted by atomic mass is 10.0. The molecule has 0 unspecified atom stereocenters. The van der Waals surface area contributed by atoms with Gasteiger partial charge in [0.15, 0.2) is 0 Å². The number of rotatable bonds is 30. The summed E-state index contributed by atoms with van der Waals surface area (Å²) in [5, 5.41) is 11.7. The second-order valence-corrected chi connectivity index (χ2v) is 13.6. The van der Waals surface area contributed by atoms with Crippen LogP contribution in [0.2, 0.25) is 0 Å². The number of aliphatic imine (C=N–C) groups is 1. The minimum absolute atomic E-state index is 0.0642. The van der Waals surface area contributed by atoms with E-state index in [-0.39, 0.29) is 18.6 Å². The summed E-state index contributed by atoms with van der Waals surface area (Å²) in [7, 11) is -4.11. The van der Waals surface area contributed by atoms with Gasteiger partial charge in [0.25, 0.3) is 10.1 Å². The molecule has 0 aliphatic heterocycles. The molecule has 1 atom stereocenters. The molecule has 0 aromatic rings. The molecule has 0 saturated carbocycles. The Kier molecular flexibility index (Phi) is 27.9. The molecule has 0 aromatic heterocycles. The van der Waals surface area contributed by atoms with Gasteiger partial charge in [-0.1, -0.05) is 115 Å². The number of esters is 1. The van der Waals surface area contributed by atoms with Gasteiger partial charge in [-0.3, -0.25) is 14.3 Å². The second-order valence-electron chi connectivity index (χ2n) is 12.0. The van der Waals surface area contributed by atoms with Gasteiger partial charge in [0, 0.05) is 6.42 Å². The third-order valence-electron chi connectivity index (χ3n) is 7.73. The van der Waals surface area contributed by atoms with Crippen molar-refractivity contribution < 1.29 is 27.6 Å². The lowest BCUT2D eigenvalue weighted by Gasteiger charge is -2.16. The van der Waals surface area contributed by atoms with E-state index in [2.05, 4.69) is 24.1 Å². The van der Waals surface area contributed by atoms with Crippen LogP contribution in [0.15, 0.2) is 28.8 Å². The summed E-state index contributed by atoms with van der Waals surface area (Å²) in [4.78, 5) is 15.9. The molecule has 0 saturated heterocycles. The Balaban J connectivity index is 3.68. The van der Waals surface area contributed by atoms with Crippen LogP contribution < -0.4 is 5.11 Å². The predicted octanol–water partition coefficient (Wildman–Crippen LogP) is 9.06. The Hall–Kier alpha value is -1.67. The van der Waals surface area contributed by atoms with Crippen molar-refractivity contribution in [2.45, 2.75) is 175 Å². The lowest BCUT2D eigenvalue weighted by Crippen LogP contribution is -2.18. The smallest absolute Gasteiger partial charge is 0.306 e. The van der Waals surface area contributed by atoms with Gasteiger partial charge >= 0.3 is 5.97 Å². The molecule has 8 heteroatoms. The number of ether oxygens (including phenoxy) is 1. The van der Waals surface area contributed by atoms with Gasteiger partial charge in [-0.2, -0.15) is 8.42 Å². The van der Waals surface area contributed by atoms with E-state index in [1.165, 1.54) is 102 Å². The van der Waals surface area contributed by atoms with Crippen LogP contribution in [0.5, 0.6) is 0 Å². The molecule has 0 aromatic carbocycles. The molecular weight excluding hydrogens is 562 g/mol. The second kappa shape index (κ2) is 29.1. The first kappa shape index (κ1) is 41.3. The number of nitrogens with zero attached hydrogens (tertiary/aromatic N) is 1. The summed E-state index contributed by atoms with van der Waals surface area (Å²) in [6.45, 7) is 5.88. The minimum atomic E-state index is -4.11. The van der Waals surface area contributed by atoms with Crippen LogP contribution in [0.3, 0.4) is 0 Å². The van der Waals surface area contributed by atoms with E-state index in [4.69, 9.17) is 9.29 Å². The van der Waals surface area contributed by atoms with Gasteiger partial charge in [0.05, 0.1) is 12.3 Å². The molecule has 0 heterocycles. The van der Waals surface area contributed by atoms with Crippen molar-refractivity contribution in [3.63, 3.8) is 0 Å². The van der Waals surface area contributed by atoms with E-state index in [9.17, 15) is 18.3 Å². The number of hydrogen-bond acceptors (Lipinski definition) is 6. The zero-order valence-corrected chi connectivity index (χ0v) is 28.6. The normalized spacial score (nSPS) is 13.6. The highest BCUT2D eigenvalue weighted by Gasteiger charge is 2.12. The maximum absolute atomic E-state index is 12.3. The van der Waals surface area contributed by atoms with Gasteiger partial charge in [-0.15, -0.1) is 0 Å². The van der Waals surface area contributed by atoms with Gasteiger partial charge in [-0.25, -0.2) is 0 Å². The largest absolute Gasteiger partial charge is 0.859 e. The van der Waals surface area contributed by atoms with Crippen LogP contribution in [0.1, 0.15) is 168 Å². The summed E-state index contributed by atoms with van der Waals surface area (Å²) >= 11 is 0. The molecule has 1 N–H and O–H groups in total. The first-order valence-electron chi connectivity index (χ1n) is 17.4. The van der Waals surface area contributed by atoms with Crippen LogP contribution in [0.4, 0.5) is 0 Å². The molecule has 7 nitrogen and oxygen atoms in total. The molecule has 0 aliphatic rings. The number of carbonyl (C=O) groups is 1. The van der Waals surface area contributed by atoms with Crippen molar-refractivity contribution in [3.8, 4) is 0 Å². The van der Waals surface area contributed by atoms with E-state index in [1.54, 1.807) is 0 Å². The molecule has 0 amide bonds. The SMILES string of the molecule is CCCCCC/C=C\CCCCCCCCCCCCCC(=O)O[C@H](CC)CCCC/C(C)=C\C([O-])=NCCS(=O)(=O)O. The van der Waals surface area contributed by atoms with Crippen LogP contribution in [-0.2, 0) is 19.6 Å². The number of carbonyl (C=O) groups excluding carboxylic acids is 1. The fraction of sp³-hybridized carbons (Fsp3) is 0.829. The van der Waals surface area contributed by atoms with Crippen molar-refractivity contribution in [2.75, 3.05) is 12.3 Å². The van der Waals surface area contributed by atoms with E-state index in [0.717, 1.165) is 50.5 Å². The summed E-state index contributed by atoms with van der Waals surface area (Å²) in [5.74, 6) is -1.14. The Morgan fingerprint density at radius 3 is 1.84 bits per heavy atom. The number of unbranched alkanes of at least 4 members (excludes halogenated alkanes) is 16. The van der Waals surface area contributed by atoms with Gasteiger partial charge in [0.2, 0.25) is 0 Å². The number of hydrogen-bond donors (Lipinski definition) is 1. The zero-order valence-electron chi connectivity index (χ0n) is 27.8. The Morgan fingerprint density at radius 2 is 1.30 bits per heavy atom. The predicted molar refractivity (Wildman–Crippen MR) is 179 cm³/mol. The average Bonchev–Trinajstić information content (AvgIpc) is 2.95.